The number of aliphatic hydroxyl groups is 1. The molecule has 1 spiro atoms. The highest BCUT2D eigenvalue weighted by Gasteiger charge is 2.72. The minimum Gasteiger partial charge on any atom is -0.461 e. The number of likely N-dealkylation sites (tertiary alicyclic amines) is 1. The number of amides is 2. The maximum Gasteiger partial charge on any atom is 0.313 e. The largest absolute Gasteiger partial charge is 0.461 e. The zero-order chi connectivity index (χ0) is 24.9. The van der Waals surface area contributed by atoms with Crippen molar-refractivity contribution >= 4 is 35.1 Å². The number of benzene rings is 1. The van der Waals surface area contributed by atoms with Gasteiger partial charge < -0.3 is 24.4 Å². The number of anilines is 1. The summed E-state index contributed by atoms with van der Waals surface area (Å²) in [5.74, 6) is -2.93. The second-order valence-corrected chi connectivity index (χ2v) is 10.3. The highest BCUT2D eigenvalue weighted by molar-refractivity contribution is 6.34. The summed E-state index contributed by atoms with van der Waals surface area (Å²) in [6.07, 6.45) is 6.79. The molecular weight excluding hydrogens is 472 g/mol. The zero-order valence-corrected chi connectivity index (χ0v) is 20.4. The van der Waals surface area contributed by atoms with Crippen molar-refractivity contribution in [2.24, 2.45) is 17.8 Å². The SMILES string of the molecule is CC(C)C[C@H](CO)N1C(=O)[C@@H]2[C@H]3C(=O)OCC=C[C@H]3O[C@@]23C=CCN(c2ccccc2Cl)C(=O)C13. The van der Waals surface area contributed by atoms with E-state index in [9.17, 15) is 19.5 Å². The van der Waals surface area contributed by atoms with Crippen LogP contribution in [0.2, 0.25) is 5.02 Å². The second kappa shape index (κ2) is 9.08. The van der Waals surface area contributed by atoms with Crippen LogP contribution in [0.1, 0.15) is 20.3 Å². The standard InChI is InChI=1S/C26H29ClN2O6/c1-15(2)13-16(14-30)29-22-24(32)28(18-8-4-3-7-17(18)27)11-6-10-26(22)21(23(29)31)20-19(35-26)9-5-12-34-25(20)33/h3-10,15-16,19-22,30H,11-14H2,1-2H3/t16-,19-,20+,21+,22?,26+/m1/s1. The molecule has 0 saturated carbocycles. The van der Waals surface area contributed by atoms with Crippen LogP contribution >= 0.6 is 11.6 Å². The molecule has 0 aliphatic carbocycles. The fourth-order valence-electron chi connectivity index (χ4n) is 6.01. The fraction of sp³-hybridized carbons (Fsp3) is 0.500. The number of aliphatic hydroxyl groups excluding tert-OH is 1. The summed E-state index contributed by atoms with van der Waals surface area (Å²) < 4.78 is 11.8. The quantitative estimate of drug-likeness (QED) is 0.492. The summed E-state index contributed by atoms with van der Waals surface area (Å²) in [5.41, 5.74) is -0.849. The molecule has 6 atom stereocenters. The number of esters is 1. The van der Waals surface area contributed by atoms with Gasteiger partial charge in [0.25, 0.3) is 5.91 Å². The number of halogens is 1. The molecule has 8 nitrogen and oxygen atoms in total. The summed E-state index contributed by atoms with van der Waals surface area (Å²) >= 11 is 6.45. The first-order valence-electron chi connectivity index (χ1n) is 12.0. The molecule has 1 N–H and O–H groups in total. The molecule has 35 heavy (non-hydrogen) atoms. The first-order chi connectivity index (χ1) is 16.8. The Hall–Kier alpha value is -2.68. The Morgan fingerprint density at radius 2 is 1.94 bits per heavy atom. The third kappa shape index (κ3) is 3.70. The molecule has 186 valence electrons. The molecule has 4 heterocycles. The molecule has 0 radical (unpaired) electrons. The lowest BCUT2D eigenvalue weighted by Gasteiger charge is -2.39. The van der Waals surface area contributed by atoms with E-state index in [1.807, 2.05) is 13.8 Å². The molecule has 0 bridgehead atoms. The Morgan fingerprint density at radius 1 is 1.17 bits per heavy atom. The molecule has 2 saturated heterocycles. The van der Waals surface area contributed by atoms with Crippen molar-refractivity contribution < 1.29 is 29.0 Å². The lowest BCUT2D eigenvalue weighted by atomic mass is 9.78. The second-order valence-electron chi connectivity index (χ2n) is 9.91. The minimum absolute atomic E-state index is 0.109. The predicted octanol–water partition coefficient (Wildman–Crippen LogP) is 2.34. The molecule has 2 amide bonds. The number of cyclic esters (lactones) is 1. The van der Waals surface area contributed by atoms with Crippen molar-refractivity contribution in [2.75, 3.05) is 24.7 Å². The van der Waals surface area contributed by atoms with Crippen molar-refractivity contribution in [2.45, 2.75) is 44.1 Å². The maximum atomic E-state index is 14.3. The smallest absolute Gasteiger partial charge is 0.313 e. The monoisotopic (exact) mass is 500 g/mol. The van der Waals surface area contributed by atoms with Crippen LogP contribution in [-0.2, 0) is 23.9 Å². The lowest BCUT2D eigenvalue weighted by molar-refractivity contribution is -0.153. The van der Waals surface area contributed by atoms with E-state index >= 15 is 0 Å². The van der Waals surface area contributed by atoms with Gasteiger partial charge in [-0.15, -0.1) is 0 Å². The van der Waals surface area contributed by atoms with Crippen LogP contribution in [0.4, 0.5) is 5.69 Å². The van der Waals surface area contributed by atoms with Crippen LogP contribution in [0.3, 0.4) is 0 Å². The molecule has 9 heteroatoms. The average molecular weight is 501 g/mol. The first-order valence-corrected chi connectivity index (χ1v) is 12.4. The van der Waals surface area contributed by atoms with Crippen LogP contribution in [0.5, 0.6) is 0 Å². The number of fused-ring (bicyclic) bond motifs is 2. The van der Waals surface area contributed by atoms with Crippen LogP contribution in [0.25, 0.3) is 0 Å². The fourth-order valence-corrected chi connectivity index (χ4v) is 6.25. The first kappa shape index (κ1) is 24.0. The van der Waals surface area contributed by atoms with Crippen LogP contribution < -0.4 is 4.90 Å². The number of nitrogens with zero attached hydrogens (tertiary/aromatic N) is 2. The molecule has 4 aliphatic rings. The van der Waals surface area contributed by atoms with Crippen molar-refractivity contribution in [1.82, 2.24) is 4.90 Å². The summed E-state index contributed by atoms with van der Waals surface area (Å²) in [6, 6.07) is 5.34. The van der Waals surface area contributed by atoms with Gasteiger partial charge in [0.15, 0.2) is 0 Å². The number of hydrogen-bond donors (Lipinski definition) is 1. The van der Waals surface area contributed by atoms with Crippen molar-refractivity contribution in [3.05, 3.63) is 53.6 Å². The third-order valence-electron chi connectivity index (χ3n) is 7.34. The van der Waals surface area contributed by atoms with E-state index in [2.05, 4.69) is 0 Å². The molecule has 1 aromatic carbocycles. The van der Waals surface area contributed by atoms with Crippen LogP contribution in [-0.4, -0.2) is 71.3 Å². The van der Waals surface area contributed by atoms with Gasteiger partial charge in [0.05, 0.1) is 35.4 Å². The normalized spacial score (nSPS) is 32.8. The van der Waals surface area contributed by atoms with Gasteiger partial charge in [0, 0.05) is 6.54 Å². The van der Waals surface area contributed by atoms with E-state index in [0.29, 0.717) is 17.1 Å². The zero-order valence-electron chi connectivity index (χ0n) is 19.7. The van der Waals surface area contributed by atoms with Gasteiger partial charge in [-0.25, -0.2) is 0 Å². The van der Waals surface area contributed by atoms with E-state index < -0.39 is 41.6 Å². The number of carbonyl (C=O) groups excluding carboxylic acids is 3. The Bertz CT molecular complexity index is 1100. The number of ether oxygens (including phenoxy) is 2. The minimum atomic E-state index is -1.37. The Morgan fingerprint density at radius 3 is 2.66 bits per heavy atom. The van der Waals surface area contributed by atoms with E-state index in [1.165, 1.54) is 9.80 Å². The van der Waals surface area contributed by atoms with E-state index in [-0.39, 0.29) is 37.5 Å². The average Bonchev–Trinajstić information content (AvgIpc) is 3.13. The molecule has 1 aromatic rings. The van der Waals surface area contributed by atoms with Gasteiger partial charge in [0.1, 0.15) is 24.2 Å². The van der Waals surface area contributed by atoms with Gasteiger partial charge >= 0.3 is 5.97 Å². The third-order valence-corrected chi connectivity index (χ3v) is 7.66. The van der Waals surface area contributed by atoms with Crippen molar-refractivity contribution in [1.29, 1.82) is 0 Å². The Kier molecular flexibility index (Phi) is 6.23. The summed E-state index contributed by atoms with van der Waals surface area (Å²) in [5, 5.41) is 10.7. The highest BCUT2D eigenvalue weighted by Crippen LogP contribution is 2.54. The molecule has 0 aromatic heterocycles. The van der Waals surface area contributed by atoms with E-state index in [4.69, 9.17) is 21.1 Å². The predicted molar refractivity (Wildman–Crippen MR) is 129 cm³/mol. The summed E-state index contributed by atoms with van der Waals surface area (Å²) in [4.78, 5) is 44.3. The van der Waals surface area contributed by atoms with Crippen LogP contribution in [0.15, 0.2) is 48.6 Å². The van der Waals surface area contributed by atoms with Gasteiger partial charge in [0.2, 0.25) is 5.91 Å². The lowest BCUT2D eigenvalue weighted by Crippen LogP contribution is -2.58. The molecule has 1 unspecified atom stereocenters. The molecule has 4 aliphatic heterocycles. The highest BCUT2D eigenvalue weighted by atomic mass is 35.5. The maximum absolute atomic E-state index is 14.3. The van der Waals surface area contributed by atoms with Crippen molar-refractivity contribution in [3.63, 3.8) is 0 Å². The van der Waals surface area contributed by atoms with Gasteiger partial charge in [-0.3, -0.25) is 14.4 Å². The topological polar surface area (TPSA) is 96.4 Å². The summed E-state index contributed by atoms with van der Waals surface area (Å²) in [6.45, 7) is 4.00. The number of para-hydroxylation sites is 1. The van der Waals surface area contributed by atoms with Gasteiger partial charge in [-0.05, 0) is 30.5 Å². The Labute approximate surface area is 209 Å². The van der Waals surface area contributed by atoms with Gasteiger partial charge in [-0.1, -0.05) is 55.8 Å². The number of hydrogen-bond acceptors (Lipinski definition) is 6. The Balaban J connectivity index is 1.66. The molecule has 5 rings (SSSR count). The van der Waals surface area contributed by atoms with Gasteiger partial charge in [-0.2, -0.15) is 0 Å². The summed E-state index contributed by atoms with van der Waals surface area (Å²) in [7, 11) is 0. The number of carbonyl (C=O) groups is 3. The van der Waals surface area contributed by atoms with Crippen molar-refractivity contribution in [3.8, 4) is 0 Å². The number of rotatable bonds is 5. The van der Waals surface area contributed by atoms with E-state index in [1.54, 1.807) is 48.6 Å². The molecular formula is C26H29ClN2O6. The molecule has 2 fully saturated rings. The van der Waals surface area contributed by atoms with Crippen LogP contribution in [0, 0.1) is 17.8 Å². The van der Waals surface area contributed by atoms with E-state index in [0.717, 1.165) is 0 Å².